The minimum absolute atomic E-state index is 0.0624. The molecule has 0 aromatic heterocycles. The molecule has 1 saturated carbocycles. The van der Waals surface area contributed by atoms with Crippen LogP contribution in [0.5, 0.6) is 0 Å². The summed E-state index contributed by atoms with van der Waals surface area (Å²) >= 11 is 0. The molecule has 1 N–H and O–H groups in total. The Kier molecular flexibility index (Phi) is 4.45. The SMILES string of the molecule is OC1CCC2(CC1OC(C(F)(F)F)C(F)(F)F)OCCO2. The van der Waals surface area contributed by atoms with Crippen LogP contribution in [0, 0.1) is 0 Å². The molecule has 10 heteroatoms. The van der Waals surface area contributed by atoms with Crippen LogP contribution >= 0.6 is 0 Å². The van der Waals surface area contributed by atoms with Crippen LogP contribution in [0.15, 0.2) is 0 Å². The summed E-state index contributed by atoms with van der Waals surface area (Å²) < 4.78 is 89.5. The molecule has 1 spiro atoms. The van der Waals surface area contributed by atoms with Gasteiger partial charge in [-0.1, -0.05) is 0 Å². The van der Waals surface area contributed by atoms with Crippen LogP contribution in [0.4, 0.5) is 26.3 Å². The fourth-order valence-electron chi connectivity index (χ4n) is 2.51. The quantitative estimate of drug-likeness (QED) is 0.791. The van der Waals surface area contributed by atoms with E-state index >= 15 is 0 Å². The molecule has 0 bridgehead atoms. The predicted molar refractivity (Wildman–Crippen MR) is 55.3 cm³/mol. The van der Waals surface area contributed by atoms with Crippen LogP contribution in [0.25, 0.3) is 0 Å². The van der Waals surface area contributed by atoms with Crippen LogP contribution in [-0.4, -0.2) is 54.8 Å². The molecule has 1 aliphatic carbocycles. The molecule has 0 aromatic carbocycles. The van der Waals surface area contributed by atoms with Crippen molar-refractivity contribution in [1.82, 2.24) is 0 Å². The lowest BCUT2D eigenvalue weighted by Gasteiger charge is -2.40. The molecule has 1 saturated heterocycles. The molecule has 21 heavy (non-hydrogen) atoms. The summed E-state index contributed by atoms with van der Waals surface area (Å²) in [5.74, 6) is -1.26. The maximum absolute atomic E-state index is 12.5. The molecule has 124 valence electrons. The first-order valence-electron chi connectivity index (χ1n) is 6.28. The summed E-state index contributed by atoms with van der Waals surface area (Å²) in [7, 11) is 0. The highest BCUT2D eigenvalue weighted by Crippen LogP contribution is 2.41. The molecular formula is C11H14F6O4. The van der Waals surface area contributed by atoms with E-state index in [9.17, 15) is 31.4 Å². The molecule has 0 amide bonds. The fraction of sp³-hybridized carbons (Fsp3) is 1.00. The Bertz CT molecular complexity index is 349. The number of hydrogen-bond donors (Lipinski definition) is 1. The van der Waals surface area contributed by atoms with E-state index in [4.69, 9.17) is 9.47 Å². The number of rotatable bonds is 2. The van der Waals surface area contributed by atoms with Gasteiger partial charge in [0.25, 0.3) is 0 Å². The third kappa shape index (κ3) is 3.79. The highest BCUT2D eigenvalue weighted by molar-refractivity contribution is 4.90. The second-order valence-electron chi connectivity index (χ2n) is 5.06. The van der Waals surface area contributed by atoms with Crippen molar-refractivity contribution >= 4 is 0 Å². The van der Waals surface area contributed by atoms with E-state index in [1.54, 1.807) is 0 Å². The van der Waals surface area contributed by atoms with E-state index in [0.29, 0.717) is 0 Å². The summed E-state index contributed by atoms with van der Waals surface area (Å²) in [6.07, 6.45) is -18.5. The molecule has 2 fully saturated rings. The average molecular weight is 324 g/mol. The predicted octanol–water partition coefficient (Wildman–Crippen LogP) is 2.15. The smallest absolute Gasteiger partial charge is 0.390 e. The van der Waals surface area contributed by atoms with Crippen molar-refractivity contribution in [3.63, 3.8) is 0 Å². The Morgan fingerprint density at radius 3 is 2.05 bits per heavy atom. The first kappa shape index (κ1) is 16.8. The van der Waals surface area contributed by atoms with Crippen molar-refractivity contribution in [2.45, 2.75) is 55.7 Å². The molecule has 1 aliphatic heterocycles. The summed E-state index contributed by atoms with van der Waals surface area (Å²) in [4.78, 5) is 0. The van der Waals surface area contributed by atoms with Gasteiger partial charge in [0.15, 0.2) is 5.79 Å². The van der Waals surface area contributed by atoms with Crippen molar-refractivity contribution < 1.29 is 45.7 Å². The summed E-state index contributed by atoms with van der Waals surface area (Å²) in [5.41, 5.74) is 0. The Morgan fingerprint density at radius 2 is 1.57 bits per heavy atom. The third-order valence-corrected chi connectivity index (χ3v) is 3.48. The van der Waals surface area contributed by atoms with Gasteiger partial charge >= 0.3 is 12.4 Å². The first-order valence-corrected chi connectivity index (χ1v) is 6.28. The number of hydrogen-bond acceptors (Lipinski definition) is 4. The van der Waals surface area contributed by atoms with Gasteiger partial charge in [0, 0.05) is 12.8 Å². The lowest BCUT2D eigenvalue weighted by atomic mass is 9.89. The second-order valence-corrected chi connectivity index (χ2v) is 5.06. The van der Waals surface area contributed by atoms with Crippen molar-refractivity contribution in [3.8, 4) is 0 Å². The van der Waals surface area contributed by atoms with E-state index in [1.807, 2.05) is 0 Å². The molecule has 2 rings (SSSR count). The van der Waals surface area contributed by atoms with Gasteiger partial charge in [0.2, 0.25) is 6.10 Å². The van der Waals surface area contributed by atoms with Gasteiger partial charge in [-0.15, -0.1) is 0 Å². The zero-order chi connectivity index (χ0) is 15.9. The first-order chi connectivity index (χ1) is 9.54. The van der Waals surface area contributed by atoms with E-state index in [2.05, 4.69) is 4.74 Å². The standard InChI is InChI=1S/C11H14F6O4/c12-10(13,14)8(11(15,16)17)21-7-5-9(2-1-6(7)18)19-3-4-20-9/h6-8,18H,1-5H2. The van der Waals surface area contributed by atoms with Crippen LogP contribution in [0.1, 0.15) is 19.3 Å². The molecule has 2 atom stereocenters. The van der Waals surface area contributed by atoms with Crippen LogP contribution < -0.4 is 0 Å². The molecule has 0 aromatic rings. The number of aliphatic hydroxyl groups excluding tert-OH is 1. The number of alkyl halides is 6. The van der Waals surface area contributed by atoms with Gasteiger partial charge in [-0.3, -0.25) is 0 Å². The highest BCUT2D eigenvalue weighted by atomic mass is 19.4. The molecule has 4 nitrogen and oxygen atoms in total. The normalized spacial score (nSPS) is 30.3. The van der Waals surface area contributed by atoms with Crippen molar-refractivity contribution in [2.24, 2.45) is 0 Å². The Hall–Kier alpha value is -0.580. The molecule has 0 radical (unpaired) electrons. The Balaban J connectivity index is 2.11. The average Bonchev–Trinajstić information content (AvgIpc) is 2.76. The summed E-state index contributed by atoms with van der Waals surface area (Å²) in [6.45, 7) is 0.398. The largest absolute Gasteiger partial charge is 0.423 e. The van der Waals surface area contributed by atoms with E-state index in [1.165, 1.54) is 0 Å². The summed E-state index contributed by atoms with van der Waals surface area (Å²) in [6, 6.07) is 0. The highest BCUT2D eigenvalue weighted by Gasteiger charge is 2.60. The van der Waals surface area contributed by atoms with Crippen molar-refractivity contribution in [2.75, 3.05) is 13.2 Å². The lowest BCUT2D eigenvalue weighted by molar-refractivity contribution is -0.345. The number of aliphatic hydroxyl groups is 1. The molecule has 1 heterocycles. The number of halogens is 6. The van der Waals surface area contributed by atoms with Crippen LogP contribution in [0.2, 0.25) is 0 Å². The van der Waals surface area contributed by atoms with Crippen LogP contribution in [0.3, 0.4) is 0 Å². The lowest BCUT2D eigenvalue weighted by Crippen LogP contribution is -2.53. The zero-order valence-electron chi connectivity index (χ0n) is 10.7. The maximum Gasteiger partial charge on any atom is 0.423 e. The van der Waals surface area contributed by atoms with E-state index in [-0.39, 0.29) is 32.5 Å². The van der Waals surface area contributed by atoms with Gasteiger partial charge < -0.3 is 19.3 Å². The van der Waals surface area contributed by atoms with Crippen molar-refractivity contribution in [3.05, 3.63) is 0 Å². The van der Waals surface area contributed by atoms with Gasteiger partial charge in [0.1, 0.15) is 0 Å². The second kappa shape index (κ2) is 5.56. The van der Waals surface area contributed by atoms with Gasteiger partial charge in [0.05, 0.1) is 25.4 Å². The Labute approximate surface area is 116 Å². The Morgan fingerprint density at radius 1 is 1.05 bits per heavy atom. The molecular weight excluding hydrogens is 310 g/mol. The number of ether oxygens (including phenoxy) is 3. The maximum atomic E-state index is 12.5. The molecule has 2 aliphatic rings. The molecule has 2 unspecified atom stereocenters. The van der Waals surface area contributed by atoms with Crippen molar-refractivity contribution in [1.29, 1.82) is 0 Å². The van der Waals surface area contributed by atoms with Crippen LogP contribution in [-0.2, 0) is 14.2 Å². The zero-order valence-corrected chi connectivity index (χ0v) is 10.7. The van der Waals surface area contributed by atoms with E-state index in [0.717, 1.165) is 0 Å². The van der Waals surface area contributed by atoms with Gasteiger partial charge in [-0.2, -0.15) is 26.3 Å². The summed E-state index contributed by atoms with van der Waals surface area (Å²) in [5, 5.41) is 9.62. The minimum atomic E-state index is -5.61. The van der Waals surface area contributed by atoms with E-state index < -0.39 is 36.5 Å². The minimum Gasteiger partial charge on any atom is -0.390 e. The third-order valence-electron chi connectivity index (χ3n) is 3.48. The van der Waals surface area contributed by atoms with Gasteiger partial charge in [-0.05, 0) is 6.42 Å². The fourth-order valence-corrected chi connectivity index (χ4v) is 2.51. The monoisotopic (exact) mass is 324 g/mol. The van der Waals surface area contributed by atoms with Gasteiger partial charge in [-0.25, -0.2) is 0 Å². The topological polar surface area (TPSA) is 47.9 Å².